The van der Waals surface area contributed by atoms with Crippen LogP contribution in [0.1, 0.15) is 46.4 Å². The molecule has 0 spiro atoms. The first-order chi connectivity index (χ1) is 14.1. The molecule has 0 unspecified atom stereocenters. The molecule has 1 amide bonds. The number of oxazole rings is 1. The van der Waals surface area contributed by atoms with Crippen LogP contribution in [0.3, 0.4) is 0 Å². The van der Waals surface area contributed by atoms with E-state index in [1.54, 1.807) is 6.92 Å². The molecule has 0 radical (unpaired) electrons. The van der Waals surface area contributed by atoms with E-state index in [4.69, 9.17) is 9.15 Å². The molecule has 1 aromatic carbocycles. The number of aryl methyl sites for hydroxylation is 2. The molecular weight excluding hydrogens is 366 g/mol. The average Bonchev–Trinajstić information content (AvgIpc) is 3.43. The van der Waals surface area contributed by atoms with Crippen molar-refractivity contribution in [3.8, 4) is 0 Å². The summed E-state index contributed by atoms with van der Waals surface area (Å²) < 4.78 is 10.9. The third-order valence-corrected chi connectivity index (χ3v) is 7.01. The molecule has 3 aliphatic rings. The number of ether oxygens (including phenoxy) is 1. The Morgan fingerprint density at radius 2 is 1.90 bits per heavy atom. The number of hydrogen-bond donors (Lipinski definition) is 0. The summed E-state index contributed by atoms with van der Waals surface area (Å²) in [6.07, 6.45) is 3.74. The number of benzene rings is 1. The number of rotatable bonds is 3. The standard InChI is InChI=1S/C23H29N3O3/c1-15-5-3-4-6-19(15)22-20-13-25(18-7-9-28-10-8-18)11-17(20)12-26(22)23(27)21-14-29-16(2)24-21/h3-6,14,17-18,20,22H,7-13H2,1-2H3/t17-,20-,22+/m0/s1. The van der Waals surface area contributed by atoms with Gasteiger partial charge in [-0.15, -0.1) is 0 Å². The van der Waals surface area contributed by atoms with Crippen LogP contribution in [0.25, 0.3) is 0 Å². The van der Waals surface area contributed by atoms with Crippen LogP contribution < -0.4 is 0 Å². The zero-order chi connectivity index (χ0) is 20.0. The van der Waals surface area contributed by atoms with Crippen molar-refractivity contribution < 1.29 is 13.9 Å². The number of likely N-dealkylation sites (tertiary alicyclic amines) is 2. The molecule has 1 aromatic heterocycles. The van der Waals surface area contributed by atoms with Gasteiger partial charge in [-0.25, -0.2) is 4.98 Å². The van der Waals surface area contributed by atoms with Crippen molar-refractivity contribution in [2.75, 3.05) is 32.8 Å². The SMILES string of the molecule is Cc1nc(C(=O)N2C[C@@H]3CN(C4CCOCC4)C[C@@H]3[C@H]2c2ccccc2C)co1. The van der Waals surface area contributed by atoms with Crippen molar-refractivity contribution >= 4 is 5.91 Å². The van der Waals surface area contributed by atoms with Crippen molar-refractivity contribution in [3.05, 3.63) is 53.2 Å². The van der Waals surface area contributed by atoms with Crippen molar-refractivity contribution in [1.82, 2.24) is 14.8 Å². The fourth-order valence-electron chi connectivity index (χ4n) is 5.56. The van der Waals surface area contributed by atoms with Crippen molar-refractivity contribution in [2.24, 2.45) is 11.8 Å². The van der Waals surface area contributed by atoms with Gasteiger partial charge in [0.1, 0.15) is 6.26 Å². The minimum absolute atomic E-state index is 0.0119. The maximum absolute atomic E-state index is 13.3. The first-order valence-corrected chi connectivity index (χ1v) is 10.7. The fourth-order valence-corrected chi connectivity index (χ4v) is 5.56. The summed E-state index contributed by atoms with van der Waals surface area (Å²) in [5.74, 6) is 1.48. The first kappa shape index (κ1) is 18.8. The monoisotopic (exact) mass is 395 g/mol. The predicted molar refractivity (Wildman–Crippen MR) is 109 cm³/mol. The third-order valence-electron chi connectivity index (χ3n) is 7.01. The van der Waals surface area contributed by atoms with Crippen LogP contribution >= 0.6 is 0 Å². The molecule has 5 rings (SSSR count). The Kier molecular flexibility index (Phi) is 4.92. The molecule has 3 fully saturated rings. The molecule has 0 aliphatic carbocycles. The molecule has 0 saturated carbocycles. The van der Waals surface area contributed by atoms with Gasteiger partial charge in [-0.05, 0) is 36.8 Å². The number of fused-ring (bicyclic) bond motifs is 1. The van der Waals surface area contributed by atoms with Gasteiger partial charge in [0.2, 0.25) is 0 Å². The van der Waals surface area contributed by atoms with Gasteiger partial charge in [0.25, 0.3) is 5.91 Å². The largest absolute Gasteiger partial charge is 0.448 e. The van der Waals surface area contributed by atoms with Crippen LogP contribution in [0.4, 0.5) is 0 Å². The molecule has 154 valence electrons. The summed E-state index contributed by atoms with van der Waals surface area (Å²) in [7, 11) is 0. The lowest BCUT2D eigenvalue weighted by molar-refractivity contribution is 0.0361. The quantitative estimate of drug-likeness (QED) is 0.799. The predicted octanol–water partition coefficient (Wildman–Crippen LogP) is 3.22. The van der Waals surface area contributed by atoms with Crippen LogP contribution in [0.2, 0.25) is 0 Å². The van der Waals surface area contributed by atoms with Crippen molar-refractivity contribution in [2.45, 2.75) is 38.8 Å². The lowest BCUT2D eigenvalue weighted by atomic mass is 9.87. The van der Waals surface area contributed by atoms with Gasteiger partial charge >= 0.3 is 0 Å². The molecule has 2 aromatic rings. The summed E-state index contributed by atoms with van der Waals surface area (Å²) in [6.45, 7) is 8.57. The second-order valence-electron chi connectivity index (χ2n) is 8.73. The van der Waals surface area contributed by atoms with Crippen LogP contribution in [0.15, 0.2) is 34.9 Å². The van der Waals surface area contributed by atoms with E-state index in [1.165, 1.54) is 17.4 Å². The number of nitrogens with zero attached hydrogens (tertiary/aromatic N) is 3. The van der Waals surface area contributed by atoms with E-state index >= 15 is 0 Å². The second-order valence-corrected chi connectivity index (χ2v) is 8.73. The highest BCUT2D eigenvalue weighted by Gasteiger charge is 2.50. The van der Waals surface area contributed by atoms with E-state index in [0.717, 1.165) is 45.7 Å². The highest BCUT2D eigenvalue weighted by atomic mass is 16.5. The third kappa shape index (κ3) is 3.38. The Balaban J connectivity index is 1.45. The Morgan fingerprint density at radius 3 is 2.62 bits per heavy atom. The van der Waals surface area contributed by atoms with E-state index in [-0.39, 0.29) is 11.9 Å². The normalized spacial score (nSPS) is 28.1. The Morgan fingerprint density at radius 1 is 1.10 bits per heavy atom. The lowest BCUT2D eigenvalue weighted by Gasteiger charge is -2.34. The van der Waals surface area contributed by atoms with Crippen LogP contribution in [0, 0.1) is 25.7 Å². The van der Waals surface area contributed by atoms with Gasteiger partial charge in [-0.2, -0.15) is 0 Å². The summed E-state index contributed by atoms with van der Waals surface area (Å²) in [5, 5.41) is 0. The molecule has 0 N–H and O–H groups in total. The van der Waals surface area contributed by atoms with E-state index in [0.29, 0.717) is 29.5 Å². The maximum atomic E-state index is 13.3. The summed E-state index contributed by atoms with van der Waals surface area (Å²) in [6, 6.07) is 9.21. The van der Waals surface area contributed by atoms with Gasteiger partial charge in [0, 0.05) is 51.7 Å². The number of carbonyl (C=O) groups is 1. The molecule has 4 heterocycles. The van der Waals surface area contributed by atoms with Gasteiger partial charge < -0.3 is 14.1 Å². The average molecular weight is 396 g/mol. The fraction of sp³-hybridized carbons (Fsp3) is 0.565. The second kappa shape index (κ2) is 7.58. The molecule has 6 heteroatoms. The highest BCUT2D eigenvalue weighted by molar-refractivity contribution is 5.92. The van der Waals surface area contributed by atoms with Gasteiger partial charge in [0.15, 0.2) is 11.6 Å². The Hall–Kier alpha value is -2.18. The van der Waals surface area contributed by atoms with E-state index in [2.05, 4.69) is 46.0 Å². The summed E-state index contributed by atoms with van der Waals surface area (Å²) in [5.41, 5.74) is 2.93. The summed E-state index contributed by atoms with van der Waals surface area (Å²) >= 11 is 0. The van der Waals surface area contributed by atoms with Crippen LogP contribution in [-0.4, -0.2) is 59.6 Å². The van der Waals surface area contributed by atoms with Crippen LogP contribution in [0.5, 0.6) is 0 Å². The Bertz CT molecular complexity index is 889. The number of amides is 1. The van der Waals surface area contributed by atoms with Crippen LogP contribution in [-0.2, 0) is 4.74 Å². The minimum Gasteiger partial charge on any atom is -0.448 e. The topological polar surface area (TPSA) is 58.8 Å². The van der Waals surface area contributed by atoms with Gasteiger partial charge in [-0.1, -0.05) is 24.3 Å². The van der Waals surface area contributed by atoms with Crippen molar-refractivity contribution in [1.29, 1.82) is 0 Å². The lowest BCUT2D eigenvalue weighted by Crippen LogP contribution is -2.41. The highest BCUT2D eigenvalue weighted by Crippen LogP contribution is 2.47. The zero-order valence-electron chi connectivity index (χ0n) is 17.2. The molecule has 6 nitrogen and oxygen atoms in total. The summed E-state index contributed by atoms with van der Waals surface area (Å²) in [4.78, 5) is 22.4. The zero-order valence-corrected chi connectivity index (χ0v) is 17.2. The first-order valence-electron chi connectivity index (χ1n) is 10.7. The number of hydrogen-bond acceptors (Lipinski definition) is 5. The minimum atomic E-state index is -0.0119. The van der Waals surface area contributed by atoms with Crippen molar-refractivity contribution in [3.63, 3.8) is 0 Å². The molecule has 3 saturated heterocycles. The van der Waals surface area contributed by atoms with E-state index < -0.39 is 0 Å². The van der Waals surface area contributed by atoms with Gasteiger partial charge in [0.05, 0.1) is 6.04 Å². The molecule has 3 atom stereocenters. The molecule has 0 bridgehead atoms. The van der Waals surface area contributed by atoms with Gasteiger partial charge in [-0.3, -0.25) is 9.69 Å². The Labute approximate surface area is 171 Å². The molecule has 3 aliphatic heterocycles. The smallest absolute Gasteiger partial charge is 0.276 e. The molecule has 29 heavy (non-hydrogen) atoms. The molecular formula is C23H29N3O3. The number of aromatic nitrogens is 1. The maximum Gasteiger partial charge on any atom is 0.276 e. The number of carbonyl (C=O) groups excluding carboxylic acids is 1. The van der Waals surface area contributed by atoms with E-state index in [9.17, 15) is 4.79 Å². The van der Waals surface area contributed by atoms with E-state index in [1.807, 2.05) is 0 Å².